The van der Waals surface area contributed by atoms with Crippen LogP contribution in [0.1, 0.15) is 11.7 Å². The molecule has 3 heterocycles. The minimum Gasteiger partial charge on any atom is -0.368 e. The van der Waals surface area contributed by atoms with Crippen molar-refractivity contribution >= 4 is 17.2 Å². The second kappa shape index (κ2) is 2.40. The minimum absolute atomic E-state index is 0.126. The van der Waals surface area contributed by atoms with Crippen LogP contribution in [0, 0.1) is 0 Å². The van der Waals surface area contributed by atoms with Gasteiger partial charge >= 0.3 is 0 Å². The van der Waals surface area contributed by atoms with Gasteiger partial charge in [-0.2, -0.15) is 4.52 Å². The Kier molecular flexibility index (Phi) is 1.33. The van der Waals surface area contributed by atoms with E-state index in [1.165, 1.54) is 4.52 Å². The predicted molar refractivity (Wildman–Crippen MR) is 44.5 cm³/mol. The molecule has 0 N–H and O–H groups in total. The highest BCUT2D eigenvalue weighted by molar-refractivity contribution is 6.30. The molecule has 0 radical (unpaired) electrons. The summed E-state index contributed by atoms with van der Waals surface area (Å²) >= 11 is 6.06. The largest absolute Gasteiger partial charge is 0.368 e. The number of halogens is 1. The van der Waals surface area contributed by atoms with Gasteiger partial charge in [-0.05, 0) is 22.6 Å². The summed E-state index contributed by atoms with van der Waals surface area (Å²) in [5, 5.41) is 11.6. The standard InChI is InChI=1S/C7H5ClN4O/c8-7-4(5-3-13-5)1-2-6-9-10-11-12(6)7/h1-2,5H,3H2/t5-/m0/s1. The van der Waals surface area contributed by atoms with Crippen molar-refractivity contribution in [1.29, 1.82) is 0 Å². The molecule has 2 aromatic rings. The third kappa shape index (κ3) is 1.01. The van der Waals surface area contributed by atoms with E-state index in [9.17, 15) is 0 Å². The molecule has 0 aliphatic carbocycles. The van der Waals surface area contributed by atoms with E-state index < -0.39 is 0 Å². The Balaban J connectivity index is 2.30. The molecule has 1 aliphatic rings. The Morgan fingerprint density at radius 1 is 1.54 bits per heavy atom. The average molecular weight is 197 g/mol. The van der Waals surface area contributed by atoms with Crippen molar-refractivity contribution in [3.05, 3.63) is 22.8 Å². The molecule has 5 nitrogen and oxygen atoms in total. The highest BCUT2D eigenvalue weighted by atomic mass is 35.5. The third-order valence-corrected chi connectivity index (χ3v) is 2.39. The Bertz CT molecular complexity index is 464. The summed E-state index contributed by atoms with van der Waals surface area (Å²) in [6.45, 7) is 0.730. The monoisotopic (exact) mass is 196 g/mol. The maximum Gasteiger partial charge on any atom is 0.180 e. The normalized spacial score (nSPS) is 20.8. The summed E-state index contributed by atoms with van der Waals surface area (Å²) in [6, 6.07) is 3.72. The number of rotatable bonds is 1. The second-order valence-corrected chi connectivity index (χ2v) is 3.21. The molecule has 0 unspecified atom stereocenters. The van der Waals surface area contributed by atoms with Crippen LogP contribution in [0.25, 0.3) is 5.65 Å². The van der Waals surface area contributed by atoms with Gasteiger partial charge in [-0.3, -0.25) is 0 Å². The molecule has 66 valence electrons. The number of hydrogen-bond acceptors (Lipinski definition) is 4. The lowest BCUT2D eigenvalue weighted by Crippen LogP contribution is -1.94. The summed E-state index contributed by atoms with van der Waals surface area (Å²) in [5.74, 6) is 0. The first-order valence-corrected chi connectivity index (χ1v) is 4.22. The Labute approximate surface area is 78.3 Å². The van der Waals surface area contributed by atoms with Gasteiger partial charge < -0.3 is 4.74 Å². The quantitative estimate of drug-likeness (QED) is 0.501. The first-order valence-electron chi connectivity index (χ1n) is 3.84. The van der Waals surface area contributed by atoms with E-state index in [0.717, 1.165) is 12.2 Å². The number of pyridine rings is 1. The number of aromatic nitrogens is 4. The lowest BCUT2D eigenvalue weighted by atomic mass is 10.2. The fraction of sp³-hybridized carbons (Fsp3) is 0.286. The lowest BCUT2D eigenvalue weighted by Gasteiger charge is -1.99. The summed E-state index contributed by atoms with van der Waals surface area (Å²) in [4.78, 5) is 0. The van der Waals surface area contributed by atoms with Gasteiger partial charge in [0, 0.05) is 5.56 Å². The second-order valence-electron chi connectivity index (χ2n) is 2.85. The average Bonchev–Trinajstić information content (AvgIpc) is 2.83. The summed E-state index contributed by atoms with van der Waals surface area (Å²) in [5.41, 5.74) is 1.59. The van der Waals surface area contributed by atoms with E-state index in [-0.39, 0.29) is 6.10 Å². The SMILES string of the molecule is Clc1c([C@@H]2CO2)ccc2nnnn12. The fourth-order valence-electron chi connectivity index (χ4n) is 1.26. The lowest BCUT2D eigenvalue weighted by molar-refractivity contribution is 0.415. The molecule has 0 saturated carbocycles. The van der Waals surface area contributed by atoms with E-state index in [0.29, 0.717) is 10.8 Å². The van der Waals surface area contributed by atoms with E-state index in [2.05, 4.69) is 15.5 Å². The van der Waals surface area contributed by atoms with Gasteiger partial charge in [0.15, 0.2) is 5.65 Å². The van der Waals surface area contributed by atoms with Crippen LogP contribution < -0.4 is 0 Å². The molecule has 1 atom stereocenters. The van der Waals surface area contributed by atoms with Crippen LogP contribution in [0.5, 0.6) is 0 Å². The zero-order valence-electron chi connectivity index (χ0n) is 6.51. The van der Waals surface area contributed by atoms with Crippen molar-refractivity contribution in [1.82, 2.24) is 20.0 Å². The Morgan fingerprint density at radius 3 is 3.15 bits per heavy atom. The predicted octanol–water partition coefficient (Wildman–Crippen LogP) is 0.849. The molecular formula is C7H5ClN4O. The molecule has 0 amide bonds. The van der Waals surface area contributed by atoms with Gasteiger partial charge in [0.25, 0.3) is 0 Å². The topological polar surface area (TPSA) is 55.6 Å². The van der Waals surface area contributed by atoms with Crippen molar-refractivity contribution < 1.29 is 4.74 Å². The van der Waals surface area contributed by atoms with Gasteiger partial charge in [-0.15, -0.1) is 5.10 Å². The molecule has 0 spiro atoms. The molecule has 1 aliphatic heterocycles. The minimum atomic E-state index is 0.126. The first-order chi connectivity index (χ1) is 6.36. The number of tetrazole rings is 1. The number of ether oxygens (including phenoxy) is 1. The van der Waals surface area contributed by atoms with Crippen LogP contribution in [-0.4, -0.2) is 26.6 Å². The summed E-state index contributed by atoms with van der Waals surface area (Å²) in [6.07, 6.45) is 0.126. The van der Waals surface area contributed by atoms with E-state index in [4.69, 9.17) is 16.3 Å². The van der Waals surface area contributed by atoms with Crippen molar-refractivity contribution in [3.63, 3.8) is 0 Å². The van der Waals surface area contributed by atoms with E-state index in [1.54, 1.807) is 0 Å². The van der Waals surface area contributed by atoms with Gasteiger partial charge in [-0.1, -0.05) is 11.6 Å². The number of hydrogen-bond donors (Lipinski definition) is 0. The molecule has 6 heteroatoms. The molecule has 1 saturated heterocycles. The van der Waals surface area contributed by atoms with Crippen LogP contribution in [0.3, 0.4) is 0 Å². The summed E-state index contributed by atoms with van der Waals surface area (Å²) < 4.78 is 6.63. The number of epoxide rings is 1. The van der Waals surface area contributed by atoms with Gasteiger partial charge in [-0.25, -0.2) is 0 Å². The van der Waals surface area contributed by atoms with Crippen molar-refractivity contribution in [2.75, 3.05) is 6.61 Å². The van der Waals surface area contributed by atoms with Crippen LogP contribution in [0.15, 0.2) is 12.1 Å². The van der Waals surface area contributed by atoms with Crippen molar-refractivity contribution in [3.8, 4) is 0 Å². The van der Waals surface area contributed by atoms with Crippen LogP contribution in [-0.2, 0) is 4.74 Å². The van der Waals surface area contributed by atoms with Crippen LogP contribution in [0.4, 0.5) is 0 Å². The van der Waals surface area contributed by atoms with Gasteiger partial charge in [0.05, 0.1) is 6.61 Å². The molecule has 2 aromatic heterocycles. The molecule has 0 aromatic carbocycles. The molecule has 3 rings (SSSR count). The fourth-order valence-corrected chi connectivity index (χ4v) is 1.57. The van der Waals surface area contributed by atoms with Crippen LogP contribution in [0.2, 0.25) is 5.15 Å². The Hall–Kier alpha value is -1.20. The number of nitrogens with zero attached hydrogens (tertiary/aromatic N) is 4. The molecule has 13 heavy (non-hydrogen) atoms. The van der Waals surface area contributed by atoms with Gasteiger partial charge in [0.2, 0.25) is 0 Å². The maximum absolute atomic E-state index is 6.06. The highest BCUT2D eigenvalue weighted by Gasteiger charge is 2.28. The molecule has 1 fully saturated rings. The highest BCUT2D eigenvalue weighted by Crippen LogP contribution is 2.34. The van der Waals surface area contributed by atoms with Crippen molar-refractivity contribution in [2.24, 2.45) is 0 Å². The molecule has 0 bridgehead atoms. The van der Waals surface area contributed by atoms with E-state index in [1.807, 2.05) is 12.1 Å². The van der Waals surface area contributed by atoms with Crippen LogP contribution >= 0.6 is 11.6 Å². The molecular weight excluding hydrogens is 192 g/mol. The zero-order chi connectivity index (χ0) is 8.84. The van der Waals surface area contributed by atoms with E-state index >= 15 is 0 Å². The van der Waals surface area contributed by atoms with Crippen molar-refractivity contribution in [2.45, 2.75) is 6.10 Å². The zero-order valence-corrected chi connectivity index (χ0v) is 7.27. The summed E-state index contributed by atoms with van der Waals surface area (Å²) in [7, 11) is 0. The smallest absolute Gasteiger partial charge is 0.180 e. The number of fused-ring (bicyclic) bond motifs is 1. The first kappa shape index (κ1) is 7.23. The third-order valence-electron chi connectivity index (χ3n) is 2.01. The maximum atomic E-state index is 6.06. The van der Waals surface area contributed by atoms with Gasteiger partial charge in [0.1, 0.15) is 11.3 Å². The Morgan fingerprint density at radius 2 is 2.38 bits per heavy atom.